The van der Waals surface area contributed by atoms with E-state index < -0.39 is 0 Å². The summed E-state index contributed by atoms with van der Waals surface area (Å²) in [7, 11) is 0. The number of pyridine rings is 1. The second-order valence-corrected chi connectivity index (χ2v) is 5.38. The summed E-state index contributed by atoms with van der Waals surface area (Å²) in [5, 5.41) is 9.80. The van der Waals surface area contributed by atoms with E-state index in [-0.39, 0.29) is 18.1 Å². The van der Waals surface area contributed by atoms with E-state index in [4.69, 9.17) is 0 Å². The van der Waals surface area contributed by atoms with Crippen molar-refractivity contribution in [3.8, 4) is 5.75 Å². The number of aromatic hydroxyl groups is 1. The molecule has 0 atom stereocenters. The Labute approximate surface area is 124 Å². The second-order valence-electron chi connectivity index (χ2n) is 5.38. The maximum atomic E-state index is 12.5. The summed E-state index contributed by atoms with van der Waals surface area (Å²) in [6.07, 6.45) is 4.09. The number of rotatable bonds is 5. The number of para-hydroxylation sites is 1. The number of hydrogen-bond acceptors (Lipinski definition) is 3. The molecule has 0 aliphatic heterocycles. The van der Waals surface area contributed by atoms with Crippen molar-refractivity contribution < 1.29 is 9.90 Å². The number of phenolic OH excluding ortho intramolecular Hbond substituents is 1. The maximum Gasteiger partial charge on any atom is 0.227 e. The lowest BCUT2D eigenvalue weighted by molar-refractivity contribution is -0.131. The minimum atomic E-state index is 0.0460. The Morgan fingerprint density at radius 3 is 2.62 bits per heavy atom. The summed E-state index contributed by atoms with van der Waals surface area (Å²) in [5.41, 5.74) is 1.57. The van der Waals surface area contributed by atoms with Crippen LogP contribution in [-0.4, -0.2) is 26.9 Å². The van der Waals surface area contributed by atoms with Gasteiger partial charge in [0.05, 0.1) is 18.7 Å². The largest absolute Gasteiger partial charge is 0.508 e. The Bertz CT molecular complexity index is 624. The molecular weight excluding hydrogens is 264 g/mol. The molecule has 21 heavy (non-hydrogen) atoms. The Hall–Kier alpha value is -2.36. The van der Waals surface area contributed by atoms with Crippen molar-refractivity contribution in [3.05, 3.63) is 59.9 Å². The highest BCUT2D eigenvalue weighted by Crippen LogP contribution is 2.29. The molecule has 1 aromatic carbocycles. The molecule has 1 saturated carbocycles. The van der Waals surface area contributed by atoms with E-state index in [9.17, 15) is 9.90 Å². The van der Waals surface area contributed by atoms with Crippen molar-refractivity contribution >= 4 is 5.91 Å². The van der Waals surface area contributed by atoms with Crippen LogP contribution in [0, 0.1) is 0 Å². The number of phenols is 1. The minimum absolute atomic E-state index is 0.0460. The smallest absolute Gasteiger partial charge is 0.227 e. The molecular formula is C17H18N2O2. The lowest BCUT2D eigenvalue weighted by Gasteiger charge is -2.22. The van der Waals surface area contributed by atoms with E-state index in [1.54, 1.807) is 24.4 Å². The van der Waals surface area contributed by atoms with Crippen molar-refractivity contribution in [3.63, 3.8) is 0 Å². The number of nitrogens with zero attached hydrogens (tertiary/aromatic N) is 2. The van der Waals surface area contributed by atoms with Gasteiger partial charge in [-0.2, -0.15) is 0 Å². The standard InChI is InChI=1S/C17H18N2O2/c20-16-7-2-1-5-13(16)11-17(21)19(15-8-9-15)12-14-6-3-4-10-18-14/h1-7,10,15,20H,8-9,11-12H2. The van der Waals surface area contributed by atoms with Gasteiger partial charge in [0.2, 0.25) is 5.91 Å². The topological polar surface area (TPSA) is 53.4 Å². The van der Waals surface area contributed by atoms with E-state index in [2.05, 4.69) is 4.98 Å². The first-order valence-corrected chi connectivity index (χ1v) is 7.20. The molecule has 1 aromatic heterocycles. The van der Waals surface area contributed by atoms with Gasteiger partial charge >= 0.3 is 0 Å². The molecule has 1 fully saturated rings. The third-order valence-corrected chi connectivity index (χ3v) is 3.70. The fourth-order valence-electron chi connectivity index (χ4n) is 2.40. The van der Waals surface area contributed by atoms with Gasteiger partial charge in [0.1, 0.15) is 5.75 Å². The Morgan fingerprint density at radius 2 is 1.95 bits per heavy atom. The molecule has 0 saturated heterocycles. The zero-order valence-corrected chi connectivity index (χ0v) is 11.8. The molecule has 2 aromatic rings. The van der Waals surface area contributed by atoms with Crippen LogP contribution in [0.3, 0.4) is 0 Å². The summed E-state index contributed by atoms with van der Waals surface area (Å²) in [6.45, 7) is 0.540. The quantitative estimate of drug-likeness (QED) is 0.916. The van der Waals surface area contributed by atoms with E-state index in [1.165, 1.54) is 0 Å². The Morgan fingerprint density at radius 1 is 1.19 bits per heavy atom. The minimum Gasteiger partial charge on any atom is -0.508 e. The molecule has 0 spiro atoms. The SMILES string of the molecule is O=C(Cc1ccccc1O)N(Cc1ccccn1)C1CC1. The average molecular weight is 282 g/mol. The van der Waals surface area contributed by atoms with Crippen molar-refractivity contribution in [1.29, 1.82) is 0 Å². The van der Waals surface area contributed by atoms with Gasteiger partial charge in [0.25, 0.3) is 0 Å². The van der Waals surface area contributed by atoms with Gasteiger partial charge in [0, 0.05) is 17.8 Å². The summed E-state index contributed by atoms with van der Waals surface area (Å²) in [4.78, 5) is 18.7. The Kier molecular flexibility index (Phi) is 3.86. The number of aromatic nitrogens is 1. The lowest BCUT2D eigenvalue weighted by atomic mass is 10.1. The molecule has 1 aliphatic rings. The Balaban J connectivity index is 1.72. The van der Waals surface area contributed by atoms with Crippen LogP contribution >= 0.6 is 0 Å². The molecule has 4 nitrogen and oxygen atoms in total. The summed E-state index contributed by atoms with van der Waals surface area (Å²) in [6, 6.07) is 13.1. The first kappa shape index (κ1) is 13.6. The van der Waals surface area contributed by atoms with Crippen LogP contribution in [0.4, 0.5) is 0 Å². The van der Waals surface area contributed by atoms with Gasteiger partial charge in [0.15, 0.2) is 0 Å². The van der Waals surface area contributed by atoms with E-state index in [1.807, 2.05) is 29.2 Å². The van der Waals surface area contributed by atoms with Gasteiger partial charge in [-0.3, -0.25) is 9.78 Å². The van der Waals surface area contributed by atoms with Crippen LogP contribution in [0.15, 0.2) is 48.7 Å². The first-order chi connectivity index (χ1) is 10.2. The lowest BCUT2D eigenvalue weighted by Crippen LogP contribution is -2.34. The van der Waals surface area contributed by atoms with Gasteiger partial charge < -0.3 is 10.0 Å². The van der Waals surface area contributed by atoms with Crippen LogP contribution in [0.25, 0.3) is 0 Å². The van der Waals surface area contributed by atoms with Gasteiger partial charge in [-0.25, -0.2) is 0 Å². The van der Waals surface area contributed by atoms with Crippen molar-refractivity contribution in [2.75, 3.05) is 0 Å². The molecule has 1 amide bonds. The molecule has 0 bridgehead atoms. The first-order valence-electron chi connectivity index (χ1n) is 7.20. The van der Waals surface area contributed by atoms with Gasteiger partial charge in [-0.1, -0.05) is 24.3 Å². The summed E-state index contributed by atoms with van der Waals surface area (Å²) >= 11 is 0. The number of carbonyl (C=O) groups is 1. The zero-order chi connectivity index (χ0) is 14.7. The molecule has 0 radical (unpaired) electrons. The number of hydrogen-bond donors (Lipinski definition) is 1. The molecule has 3 rings (SSSR count). The number of amides is 1. The predicted octanol–water partition coefficient (Wildman–Crippen LogP) is 2.52. The predicted molar refractivity (Wildman–Crippen MR) is 79.6 cm³/mol. The molecule has 1 aliphatic carbocycles. The monoisotopic (exact) mass is 282 g/mol. The zero-order valence-electron chi connectivity index (χ0n) is 11.8. The normalized spacial score (nSPS) is 13.9. The van der Waals surface area contributed by atoms with Crippen molar-refractivity contribution in [2.45, 2.75) is 31.8 Å². The fourth-order valence-corrected chi connectivity index (χ4v) is 2.40. The highest BCUT2D eigenvalue weighted by atomic mass is 16.3. The van der Waals surface area contributed by atoms with E-state index in [0.717, 1.165) is 18.5 Å². The summed E-state index contributed by atoms with van der Waals surface area (Å²) in [5.74, 6) is 0.226. The third-order valence-electron chi connectivity index (χ3n) is 3.70. The molecule has 4 heteroatoms. The van der Waals surface area contributed by atoms with Gasteiger partial charge in [-0.15, -0.1) is 0 Å². The van der Waals surface area contributed by atoms with Crippen LogP contribution < -0.4 is 0 Å². The highest BCUT2D eigenvalue weighted by Gasteiger charge is 2.32. The number of benzene rings is 1. The fraction of sp³-hybridized carbons (Fsp3) is 0.294. The van der Waals surface area contributed by atoms with Crippen LogP contribution in [0.1, 0.15) is 24.1 Å². The molecule has 108 valence electrons. The third kappa shape index (κ3) is 3.40. The van der Waals surface area contributed by atoms with Gasteiger partial charge in [-0.05, 0) is 31.0 Å². The van der Waals surface area contributed by atoms with Crippen LogP contribution in [0.2, 0.25) is 0 Å². The maximum absolute atomic E-state index is 12.5. The summed E-state index contributed by atoms with van der Waals surface area (Å²) < 4.78 is 0. The van der Waals surface area contributed by atoms with E-state index >= 15 is 0 Å². The van der Waals surface area contributed by atoms with Crippen LogP contribution in [-0.2, 0) is 17.8 Å². The van der Waals surface area contributed by atoms with Crippen molar-refractivity contribution in [1.82, 2.24) is 9.88 Å². The highest BCUT2D eigenvalue weighted by molar-refractivity contribution is 5.80. The molecule has 1 N–H and O–H groups in total. The van der Waals surface area contributed by atoms with Crippen LogP contribution in [0.5, 0.6) is 5.75 Å². The molecule has 1 heterocycles. The van der Waals surface area contributed by atoms with E-state index in [0.29, 0.717) is 18.2 Å². The molecule has 0 unspecified atom stereocenters. The van der Waals surface area contributed by atoms with Crippen molar-refractivity contribution in [2.24, 2.45) is 0 Å². The number of carbonyl (C=O) groups excluding carboxylic acids is 1. The second kappa shape index (κ2) is 5.95. The average Bonchev–Trinajstić information content (AvgIpc) is 3.33.